The third-order valence-corrected chi connectivity index (χ3v) is 5.49. The number of aromatic nitrogens is 2. The number of nitrogens with one attached hydrogen (secondary N) is 1. The van der Waals surface area contributed by atoms with Crippen LogP contribution in [0, 0.1) is 19.8 Å². The van der Waals surface area contributed by atoms with Crippen LogP contribution in [0.1, 0.15) is 69.8 Å². The number of unbranched alkanes of at least 4 members (excludes halogenated alkanes) is 1. The van der Waals surface area contributed by atoms with E-state index < -0.39 is 0 Å². The minimum Gasteiger partial charge on any atom is -0.354 e. The molecule has 1 atom stereocenters. The van der Waals surface area contributed by atoms with Crippen molar-refractivity contribution < 1.29 is 4.79 Å². The monoisotopic (exact) mass is 362 g/mol. The van der Waals surface area contributed by atoms with E-state index in [1.165, 1.54) is 38.6 Å². The Balaban J connectivity index is 1.89. The Kier molecular flexibility index (Phi) is 8.14. The van der Waals surface area contributed by atoms with Gasteiger partial charge in [0.1, 0.15) is 0 Å². The molecule has 5 heteroatoms. The molecule has 1 saturated heterocycles. The second-order valence-corrected chi connectivity index (χ2v) is 8.25. The first kappa shape index (κ1) is 20.9. The number of hydrogen-bond acceptors (Lipinski definition) is 3. The Hall–Kier alpha value is -1.36. The number of aryl methyl sites for hydroxylation is 1. The first-order chi connectivity index (χ1) is 12.4. The van der Waals surface area contributed by atoms with Crippen LogP contribution in [0.25, 0.3) is 0 Å². The van der Waals surface area contributed by atoms with Gasteiger partial charge in [-0.1, -0.05) is 33.6 Å². The first-order valence-corrected chi connectivity index (χ1v) is 10.5. The topological polar surface area (TPSA) is 50.2 Å². The van der Waals surface area contributed by atoms with Gasteiger partial charge in [0.2, 0.25) is 5.91 Å². The maximum atomic E-state index is 12.5. The van der Waals surface area contributed by atoms with E-state index in [9.17, 15) is 4.79 Å². The van der Waals surface area contributed by atoms with Crippen molar-refractivity contribution >= 4 is 5.91 Å². The fraction of sp³-hybridized carbons (Fsp3) is 0.810. The summed E-state index contributed by atoms with van der Waals surface area (Å²) < 4.78 is 2.05. The number of piperidine rings is 1. The highest BCUT2D eigenvalue weighted by molar-refractivity contribution is 5.79. The number of carbonyl (C=O) groups is 1. The van der Waals surface area contributed by atoms with E-state index in [1.54, 1.807) is 0 Å². The maximum absolute atomic E-state index is 12.5. The van der Waals surface area contributed by atoms with Gasteiger partial charge in [0, 0.05) is 30.4 Å². The van der Waals surface area contributed by atoms with Gasteiger partial charge in [0.05, 0.1) is 12.1 Å². The average molecular weight is 363 g/mol. The van der Waals surface area contributed by atoms with E-state index in [-0.39, 0.29) is 5.91 Å². The summed E-state index contributed by atoms with van der Waals surface area (Å²) in [7, 11) is 0. The normalized spacial score (nSPS) is 18.5. The van der Waals surface area contributed by atoms with Crippen molar-refractivity contribution in [3.8, 4) is 0 Å². The van der Waals surface area contributed by atoms with Crippen molar-refractivity contribution in [2.75, 3.05) is 19.6 Å². The molecule has 0 radical (unpaired) electrons. The molecular formula is C21H38N4O. The van der Waals surface area contributed by atoms with Gasteiger partial charge in [-0.3, -0.25) is 14.4 Å². The first-order valence-electron chi connectivity index (χ1n) is 10.5. The summed E-state index contributed by atoms with van der Waals surface area (Å²) in [5.74, 6) is 0.677. The molecule has 2 heterocycles. The van der Waals surface area contributed by atoms with Gasteiger partial charge >= 0.3 is 0 Å². The molecule has 0 saturated carbocycles. The fourth-order valence-corrected chi connectivity index (χ4v) is 3.91. The van der Waals surface area contributed by atoms with Crippen molar-refractivity contribution in [2.24, 2.45) is 5.92 Å². The maximum Gasteiger partial charge on any atom is 0.224 e. The van der Waals surface area contributed by atoms with Crippen molar-refractivity contribution in [1.29, 1.82) is 0 Å². The molecule has 0 spiro atoms. The molecule has 26 heavy (non-hydrogen) atoms. The highest BCUT2D eigenvalue weighted by atomic mass is 16.1. The number of rotatable bonds is 9. The van der Waals surface area contributed by atoms with Gasteiger partial charge in [-0.25, -0.2) is 0 Å². The van der Waals surface area contributed by atoms with Gasteiger partial charge in [0.15, 0.2) is 0 Å². The zero-order chi connectivity index (χ0) is 19.1. The summed E-state index contributed by atoms with van der Waals surface area (Å²) in [4.78, 5) is 15.1. The van der Waals surface area contributed by atoms with Crippen molar-refractivity contribution in [2.45, 2.75) is 85.7 Å². The summed E-state index contributed by atoms with van der Waals surface area (Å²) in [5, 5.41) is 7.82. The molecule has 1 amide bonds. The zero-order valence-corrected chi connectivity index (χ0v) is 17.5. The summed E-state index contributed by atoms with van der Waals surface area (Å²) in [5.41, 5.74) is 3.21. The van der Waals surface area contributed by atoms with Crippen molar-refractivity contribution in [1.82, 2.24) is 20.0 Å². The molecule has 1 aromatic rings. The molecule has 1 aromatic heterocycles. The molecule has 5 nitrogen and oxygen atoms in total. The lowest BCUT2D eigenvalue weighted by Gasteiger charge is -2.35. The molecule has 1 aliphatic heterocycles. The van der Waals surface area contributed by atoms with Gasteiger partial charge in [-0.2, -0.15) is 5.10 Å². The smallest absolute Gasteiger partial charge is 0.224 e. The predicted molar refractivity (Wildman–Crippen MR) is 107 cm³/mol. The van der Waals surface area contributed by atoms with Crippen molar-refractivity contribution in [3.63, 3.8) is 0 Å². The van der Waals surface area contributed by atoms with Crippen LogP contribution in [0.5, 0.6) is 0 Å². The Labute approximate surface area is 159 Å². The van der Waals surface area contributed by atoms with Crippen LogP contribution in [-0.4, -0.2) is 46.3 Å². The molecule has 0 aromatic carbocycles. The zero-order valence-electron chi connectivity index (χ0n) is 17.5. The molecule has 1 aliphatic rings. The van der Waals surface area contributed by atoms with E-state index in [1.807, 2.05) is 6.92 Å². The Morgan fingerprint density at radius 2 is 2.08 bits per heavy atom. The number of hydrogen-bond donors (Lipinski definition) is 1. The Morgan fingerprint density at radius 3 is 2.77 bits per heavy atom. The minimum atomic E-state index is 0.126. The summed E-state index contributed by atoms with van der Waals surface area (Å²) in [6.45, 7) is 14.7. The lowest BCUT2D eigenvalue weighted by molar-refractivity contribution is -0.120. The fourth-order valence-electron chi connectivity index (χ4n) is 3.91. The highest BCUT2D eigenvalue weighted by Gasteiger charge is 2.23. The Bertz CT molecular complexity index is 579. The third-order valence-electron chi connectivity index (χ3n) is 5.49. The molecule has 1 unspecified atom stereocenters. The van der Waals surface area contributed by atoms with Gasteiger partial charge < -0.3 is 5.32 Å². The third kappa shape index (κ3) is 5.83. The summed E-state index contributed by atoms with van der Waals surface area (Å²) >= 11 is 0. The number of nitrogens with zero attached hydrogens (tertiary/aromatic N) is 3. The molecule has 0 bridgehead atoms. The van der Waals surface area contributed by atoms with Gasteiger partial charge in [-0.05, 0) is 52.1 Å². The average Bonchev–Trinajstić information content (AvgIpc) is 2.85. The SMILES string of the molecule is CCCCN1CCCCC1CNC(=O)Cc1c(C)nn(CC(C)C)c1C. The van der Waals surface area contributed by atoms with E-state index in [2.05, 4.69) is 47.7 Å². The highest BCUT2D eigenvalue weighted by Crippen LogP contribution is 2.18. The van der Waals surface area contributed by atoms with Crippen LogP contribution in [0.15, 0.2) is 0 Å². The van der Waals surface area contributed by atoms with Crippen LogP contribution in [0.2, 0.25) is 0 Å². The van der Waals surface area contributed by atoms with Crippen LogP contribution in [0.4, 0.5) is 0 Å². The quantitative estimate of drug-likeness (QED) is 0.732. The standard InChI is InChI=1S/C21H38N4O/c1-6-7-11-24-12-9-8-10-19(24)14-22-21(26)13-20-17(4)23-25(18(20)5)15-16(2)3/h16,19H,6-15H2,1-5H3,(H,22,26). The molecule has 2 rings (SSSR count). The Morgan fingerprint density at radius 1 is 1.31 bits per heavy atom. The predicted octanol–water partition coefficient (Wildman–Crippen LogP) is 3.47. The second kappa shape index (κ2) is 10.1. The van der Waals surface area contributed by atoms with E-state index in [0.29, 0.717) is 18.4 Å². The number of likely N-dealkylation sites (tertiary alicyclic amines) is 1. The van der Waals surface area contributed by atoms with Gasteiger partial charge in [0.25, 0.3) is 0 Å². The lowest BCUT2D eigenvalue weighted by Crippen LogP contribution is -2.47. The van der Waals surface area contributed by atoms with E-state index in [0.717, 1.165) is 36.6 Å². The molecule has 1 N–H and O–H groups in total. The minimum absolute atomic E-state index is 0.126. The molecule has 0 aliphatic carbocycles. The second-order valence-electron chi connectivity index (χ2n) is 8.25. The van der Waals surface area contributed by atoms with E-state index >= 15 is 0 Å². The number of amides is 1. The summed E-state index contributed by atoms with van der Waals surface area (Å²) in [6.07, 6.45) is 6.70. The largest absolute Gasteiger partial charge is 0.354 e. The molecule has 1 fully saturated rings. The van der Waals surface area contributed by atoms with E-state index in [4.69, 9.17) is 0 Å². The molecule has 148 valence electrons. The van der Waals surface area contributed by atoms with Crippen LogP contribution in [-0.2, 0) is 17.8 Å². The molecular weight excluding hydrogens is 324 g/mol. The van der Waals surface area contributed by atoms with Crippen LogP contribution < -0.4 is 5.32 Å². The summed E-state index contributed by atoms with van der Waals surface area (Å²) in [6, 6.07) is 0.505. The van der Waals surface area contributed by atoms with Crippen molar-refractivity contribution in [3.05, 3.63) is 17.0 Å². The van der Waals surface area contributed by atoms with Crippen LogP contribution >= 0.6 is 0 Å². The van der Waals surface area contributed by atoms with Crippen LogP contribution in [0.3, 0.4) is 0 Å². The lowest BCUT2D eigenvalue weighted by atomic mass is 10.0. The van der Waals surface area contributed by atoms with Gasteiger partial charge in [-0.15, -0.1) is 0 Å². The number of carbonyl (C=O) groups excluding carboxylic acids is 1.